The Bertz CT molecular complexity index is 1040. The highest BCUT2D eigenvalue weighted by Gasteiger charge is 2.43. The number of rotatable bonds is 6. The summed E-state index contributed by atoms with van der Waals surface area (Å²) < 4.78 is 38.3. The van der Waals surface area contributed by atoms with Gasteiger partial charge in [0.05, 0.1) is 0 Å². The molecule has 2 aromatic rings. The van der Waals surface area contributed by atoms with Gasteiger partial charge >= 0.3 is 12.1 Å². The van der Waals surface area contributed by atoms with E-state index in [0.717, 1.165) is 51.2 Å². The number of fused-ring (bicyclic) bond motifs is 1. The number of nitrogens with zero attached hydrogens (tertiary/aromatic N) is 2. The van der Waals surface area contributed by atoms with Crippen LogP contribution in [-0.4, -0.2) is 58.3 Å². The molecule has 37 heavy (non-hydrogen) atoms. The van der Waals surface area contributed by atoms with Crippen molar-refractivity contribution in [2.45, 2.75) is 63.8 Å². The molecular formula is C27H34F3N3O4. The van der Waals surface area contributed by atoms with Crippen LogP contribution in [-0.2, 0) is 16.1 Å². The third-order valence-electron chi connectivity index (χ3n) is 6.58. The minimum atomic E-state index is -5.08. The van der Waals surface area contributed by atoms with Crippen LogP contribution < -0.4 is 10.1 Å². The van der Waals surface area contributed by atoms with E-state index in [9.17, 15) is 18.0 Å². The Balaban J connectivity index is 0.000000479. The van der Waals surface area contributed by atoms with E-state index in [2.05, 4.69) is 53.3 Å². The van der Waals surface area contributed by atoms with Crippen molar-refractivity contribution in [3.05, 3.63) is 59.9 Å². The summed E-state index contributed by atoms with van der Waals surface area (Å²) in [7, 11) is 0. The molecule has 1 saturated heterocycles. The van der Waals surface area contributed by atoms with Gasteiger partial charge in [-0.25, -0.2) is 4.79 Å². The fraction of sp³-hybridized carbons (Fsp3) is 0.519. The van der Waals surface area contributed by atoms with Crippen molar-refractivity contribution in [2.24, 2.45) is 5.92 Å². The zero-order valence-electron chi connectivity index (χ0n) is 21.1. The van der Waals surface area contributed by atoms with Crippen molar-refractivity contribution in [2.75, 3.05) is 19.6 Å². The first-order valence-corrected chi connectivity index (χ1v) is 12.4. The molecule has 2 N–H and O–H groups in total. The molecule has 2 aliphatic heterocycles. The molecule has 0 bridgehead atoms. The maximum atomic E-state index is 12.6. The van der Waals surface area contributed by atoms with Crippen LogP contribution in [0.4, 0.5) is 13.2 Å². The predicted octanol–water partition coefficient (Wildman–Crippen LogP) is 4.78. The summed E-state index contributed by atoms with van der Waals surface area (Å²) >= 11 is 0. The summed E-state index contributed by atoms with van der Waals surface area (Å²) in [6.45, 7) is 7.92. The Morgan fingerprint density at radius 2 is 1.86 bits per heavy atom. The number of amides is 1. The lowest BCUT2D eigenvalue weighted by Crippen LogP contribution is -2.50. The second-order valence-electron chi connectivity index (χ2n) is 10.1. The lowest BCUT2D eigenvalue weighted by molar-refractivity contribution is -0.192. The van der Waals surface area contributed by atoms with Gasteiger partial charge in [0.2, 0.25) is 5.91 Å². The van der Waals surface area contributed by atoms with Crippen LogP contribution in [0.15, 0.2) is 48.8 Å². The molecule has 0 radical (unpaired) electrons. The number of hydrogen-bond acceptors (Lipinski definition) is 5. The number of halogens is 3. The maximum absolute atomic E-state index is 12.6. The number of piperidine rings is 1. The number of pyridine rings is 1. The average Bonchev–Trinajstić information content (AvgIpc) is 2.85. The van der Waals surface area contributed by atoms with Crippen LogP contribution in [0.3, 0.4) is 0 Å². The van der Waals surface area contributed by atoms with E-state index in [-0.39, 0.29) is 17.4 Å². The van der Waals surface area contributed by atoms with Crippen LogP contribution in [0.5, 0.6) is 5.75 Å². The molecule has 0 saturated carbocycles. The van der Waals surface area contributed by atoms with E-state index in [1.54, 1.807) is 0 Å². The second kappa shape index (κ2) is 12.4. The highest BCUT2D eigenvalue weighted by molar-refractivity contribution is 5.77. The minimum Gasteiger partial charge on any atom is -0.487 e. The normalized spacial score (nSPS) is 18.8. The summed E-state index contributed by atoms with van der Waals surface area (Å²) in [5.41, 5.74) is 2.27. The Morgan fingerprint density at radius 1 is 1.19 bits per heavy atom. The number of carboxylic acids is 1. The molecule has 3 heterocycles. The Labute approximate surface area is 215 Å². The van der Waals surface area contributed by atoms with Crippen LogP contribution >= 0.6 is 0 Å². The van der Waals surface area contributed by atoms with Crippen LogP contribution in [0.1, 0.15) is 56.6 Å². The fourth-order valence-corrected chi connectivity index (χ4v) is 4.72. The first kappa shape index (κ1) is 28.4. The highest BCUT2D eigenvalue weighted by atomic mass is 19.4. The zero-order valence-corrected chi connectivity index (χ0v) is 21.1. The van der Waals surface area contributed by atoms with Crippen molar-refractivity contribution in [3.63, 3.8) is 0 Å². The number of alkyl halides is 3. The number of carbonyl (C=O) groups excluding carboxylic acids is 1. The van der Waals surface area contributed by atoms with E-state index in [0.29, 0.717) is 12.3 Å². The highest BCUT2D eigenvalue weighted by Crippen LogP contribution is 2.46. The van der Waals surface area contributed by atoms with Crippen molar-refractivity contribution in [3.8, 4) is 5.75 Å². The number of aromatic nitrogens is 1. The number of benzene rings is 1. The zero-order chi connectivity index (χ0) is 27.1. The van der Waals surface area contributed by atoms with E-state index in [1.165, 1.54) is 11.1 Å². The van der Waals surface area contributed by atoms with Crippen LogP contribution in [0, 0.1) is 5.92 Å². The molecule has 0 aliphatic carbocycles. The second-order valence-corrected chi connectivity index (χ2v) is 10.1. The van der Waals surface area contributed by atoms with Gasteiger partial charge < -0.3 is 15.2 Å². The van der Waals surface area contributed by atoms with Crippen molar-refractivity contribution >= 4 is 11.9 Å². The fourth-order valence-electron chi connectivity index (χ4n) is 4.72. The van der Waals surface area contributed by atoms with Gasteiger partial charge in [0, 0.05) is 50.9 Å². The summed E-state index contributed by atoms with van der Waals surface area (Å²) in [6.07, 6.45) is 2.12. The maximum Gasteiger partial charge on any atom is 0.490 e. The summed E-state index contributed by atoms with van der Waals surface area (Å²) in [4.78, 5) is 28.2. The van der Waals surface area contributed by atoms with E-state index >= 15 is 0 Å². The smallest absolute Gasteiger partial charge is 0.487 e. The largest absolute Gasteiger partial charge is 0.490 e. The lowest BCUT2D eigenvalue weighted by Gasteiger charge is -2.47. The predicted molar refractivity (Wildman–Crippen MR) is 132 cm³/mol. The molecule has 10 heteroatoms. The molecule has 1 fully saturated rings. The van der Waals surface area contributed by atoms with Gasteiger partial charge in [-0.3, -0.25) is 14.7 Å². The standard InChI is InChI=1S/C25H33N3O2.C2HF3O2/c1-19(2)16-27-24(29)14-21-15-25(30-23-8-4-3-7-22(21)23)9-12-28(13-10-25)18-20-6-5-11-26-17-20;3-2(4,5)1(6)7/h3-8,11,17,19,21H,9-10,12-16,18H2,1-2H3,(H,27,29);(H,6,7). The van der Waals surface area contributed by atoms with Crippen LogP contribution in [0.2, 0.25) is 0 Å². The van der Waals surface area contributed by atoms with Crippen molar-refractivity contribution in [1.29, 1.82) is 0 Å². The van der Waals surface area contributed by atoms with Crippen LogP contribution in [0.25, 0.3) is 0 Å². The first-order chi connectivity index (χ1) is 17.5. The Morgan fingerprint density at radius 3 is 2.46 bits per heavy atom. The summed E-state index contributed by atoms with van der Waals surface area (Å²) in [5, 5.41) is 10.2. The van der Waals surface area contributed by atoms with Gasteiger partial charge in [-0.2, -0.15) is 13.2 Å². The summed E-state index contributed by atoms with van der Waals surface area (Å²) in [6, 6.07) is 12.4. The van der Waals surface area contributed by atoms with Gasteiger partial charge in [0.15, 0.2) is 0 Å². The van der Waals surface area contributed by atoms with Gasteiger partial charge in [0.1, 0.15) is 11.4 Å². The number of likely N-dealkylation sites (tertiary alicyclic amines) is 1. The number of nitrogens with one attached hydrogen (secondary N) is 1. The molecule has 1 atom stereocenters. The SMILES string of the molecule is CC(C)CNC(=O)CC1CC2(CCN(Cc3cccnc3)CC2)Oc2ccccc21.O=C(O)C(F)(F)F. The van der Waals surface area contributed by atoms with Gasteiger partial charge in [-0.15, -0.1) is 0 Å². The molecule has 2 aliphatic rings. The monoisotopic (exact) mass is 521 g/mol. The van der Waals surface area contributed by atoms with E-state index in [1.807, 2.05) is 24.5 Å². The van der Waals surface area contributed by atoms with E-state index < -0.39 is 12.1 Å². The number of ether oxygens (including phenoxy) is 1. The molecule has 1 aromatic heterocycles. The molecule has 7 nitrogen and oxygen atoms in total. The molecule has 202 valence electrons. The topological polar surface area (TPSA) is 91.8 Å². The van der Waals surface area contributed by atoms with Crippen molar-refractivity contribution < 1.29 is 32.6 Å². The van der Waals surface area contributed by atoms with Gasteiger partial charge in [-0.05, 0) is 48.4 Å². The van der Waals surface area contributed by atoms with Crippen molar-refractivity contribution in [1.82, 2.24) is 15.2 Å². The molecule has 4 rings (SSSR count). The average molecular weight is 522 g/mol. The minimum absolute atomic E-state index is 0.148. The number of hydrogen-bond donors (Lipinski definition) is 2. The first-order valence-electron chi connectivity index (χ1n) is 12.4. The quantitative estimate of drug-likeness (QED) is 0.569. The molecule has 1 spiro atoms. The Kier molecular flexibility index (Phi) is 9.53. The molecule has 1 unspecified atom stereocenters. The van der Waals surface area contributed by atoms with E-state index in [4.69, 9.17) is 14.6 Å². The number of aliphatic carboxylic acids is 1. The van der Waals surface area contributed by atoms with Gasteiger partial charge in [-0.1, -0.05) is 38.1 Å². The molecule has 1 aromatic carbocycles. The third kappa shape index (κ3) is 8.45. The molecular weight excluding hydrogens is 487 g/mol. The number of para-hydroxylation sites is 1. The Hall–Kier alpha value is -3.14. The molecule has 1 amide bonds. The lowest BCUT2D eigenvalue weighted by atomic mass is 9.76. The number of carboxylic acid groups (broad SMARTS) is 1. The van der Waals surface area contributed by atoms with Gasteiger partial charge in [0.25, 0.3) is 0 Å². The summed E-state index contributed by atoms with van der Waals surface area (Å²) in [5.74, 6) is -0.966. The third-order valence-corrected chi connectivity index (χ3v) is 6.58. The number of carbonyl (C=O) groups is 2.